The monoisotopic (exact) mass is 345 g/mol. The largest absolute Gasteiger partial charge is 0.310 e. The number of benzene rings is 1. The Kier molecular flexibility index (Phi) is 8.05. The van der Waals surface area contributed by atoms with Crippen molar-refractivity contribution in [1.29, 1.82) is 0 Å². The predicted molar refractivity (Wildman–Crippen MR) is 88.9 cm³/mol. The molecule has 19 heavy (non-hydrogen) atoms. The number of hydrogen-bond acceptors (Lipinski definition) is 1. The molecule has 0 bridgehead atoms. The molecule has 0 spiro atoms. The van der Waals surface area contributed by atoms with E-state index < -0.39 is 0 Å². The van der Waals surface area contributed by atoms with Gasteiger partial charge in [-0.15, -0.1) is 0 Å². The van der Waals surface area contributed by atoms with Gasteiger partial charge in [0, 0.05) is 10.5 Å². The van der Waals surface area contributed by atoms with Crippen LogP contribution in [0.1, 0.15) is 58.1 Å². The summed E-state index contributed by atoms with van der Waals surface area (Å²) in [6, 6.07) is 6.56. The van der Waals surface area contributed by atoms with Gasteiger partial charge in [-0.25, -0.2) is 0 Å². The molecule has 0 amide bonds. The zero-order chi connectivity index (χ0) is 14.3. The van der Waals surface area contributed by atoms with Crippen LogP contribution >= 0.6 is 27.5 Å². The Labute approximate surface area is 131 Å². The molecule has 1 nitrogen and oxygen atoms in total. The van der Waals surface area contributed by atoms with Gasteiger partial charge in [0.1, 0.15) is 0 Å². The lowest BCUT2D eigenvalue weighted by Gasteiger charge is -2.21. The fourth-order valence-electron chi connectivity index (χ4n) is 2.21. The van der Waals surface area contributed by atoms with E-state index in [4.69, 9.17) is 11.6 Å². The van der Waals surface area contributed by atoms with Gasteiger partial charge in [-0.2, -0.15) is 0 Å². The van der Waals surface area contributed by atoms with Crippen molar-refractivity contribution >= 4 is 27.5 Å². The van der Waals surface area contributed by atoms with E-state index in [0.29, 0.717) is 6.04 Å². The summed E-state index contributed by atoms with van der Waals surface area (Å²) >= 11 is 9.94. The molecule has 0 aromatic heterocycles. The van der Waals surface area contributed by atoms with E-state index in [1.807, 2.05) is 6.07 Å². The van der Waals surface area contributed by atoms with E-state index >= 15 is 0 Å². The lowest BCUT2D eigenvalue weighted by Crippen LogP contribution is -2.22. The van der Waals surface area contributed by atoms with Gasteiger partial charge in [0.25, 0.3) is 0 Å². The van der Waals surface area contributed by atoms with Gasteiger partial charge >= 0.3 is 0 Å². The van der Waals surface area contributed by atoms with Gasteiger partial charge in [-0.1, -0.05) is 57.3 Å². The normalized spacial score (nSPS) is 12.9. The molecule has 1 rings (SSSR count). The van der Waals surface area contributed by atoms with Crippen LogP contribution < -0.4 is 5.32 Å². The molecule has 0 aliphatic heterocycles. The maximum Gasteiger partial charge on any atom is 0.0595 e. The van der Waals surface area contributed by atoms with Crippen LogP contribution in [-0.2, 0) is 0 Å². The molecular weight excluding hydrogens is 322 g/mol. The summed E-state index contributed by atoms with van der Waals surface area (Å²) in [5.74, 6) is 0.768. The van der Waals surface area contributed by atoms with Crippen LogP contribution in [-0.4, -0.2) is 6.54 Å². The molecule has 1 atom stereocenters. The van der Waals surface area contributed by atoms with Crippen LogP contribution in [0.25, 0.3) is 0 Å². The van der Waals surface area contributed by atoms with Crippen LogP contribution in [0.15, 0.2) is 22.7 Å². The summed E-state index contributed by atoms with van der Waals surface area (Å²) in [5.41, 5.74) is 1.22. The molecule has 0 aliphatic carbocycles. The zero-order valence-electron chi connectivity index (χ0n) is 12.2. The van der Waals surface area contributed by atoms with Crippen molar-refractivity contribution in [3.63, 3.8) is 0 Å². The second-order valence-corrected chi connectivity index (χ2v) is 6.71. The lowest BCUT2D eigenvalue weighted by molar-refractivity contribution is 0.447. The van der Waals surface area contributed by atoms with Crippen LogP contribution in [0.2, 0.25) is 5.02 Å². The van der Waals surface area contributed by atoms with Crippen LogP contribution in [0.5, 0.6) is 0 Å². The fourth-order valence-corrected chi connectivity index (χ4v) is 2.85. The molecule has 1 aromatic carbocycles. The van der Waals surface area contributed by atoms with Crippen molar-refractivity contribution < 1.29 is 0 Å². The molecular formula is C16H25BrClN. The van der Waals surface area contributed by atoms with Crippen molar-refractivity contribution in [3.05, 3.63) is 33.3 Å². The minimum atomic E-state index is 0.365. The van der Waals surface area contributed by atoms with Gasteiger partial charge in [0.05, 0.1) is 5.02 Å². The highest BCUT2D eigenvalue weighted by Gasteiger charge is 2.15. The summed E-state index contributed by atoms with van der Waals surface area (Å²) in [6.45, 7) is 7.79. The van der Waals surface area contributed by atoms with Gasteiger partial charge in [-0.05, 0) is 52.9 Å². The maximum atomic E-state index is 6.42. The molecule has 1 aromatic rings. The average Bonchev–Trinajstić information content (AvgIpc) is 2.37. The first-order chi connectivity index (χ1) is 9.06. The summed E-state index contributed by atoms with van der Waals surface area (Å²) in [6.07, 6.45) is 4.80. The fraction of sp³-hybridized carbons (Fsp3) is 0.625. The zero-order valence-corrected chi connectivity index (χ0v) is 14.5. The summed E-state index contributed by atoms with van der Waals surface area (Å²) in [5, 5.41) is 4.47. The average molecular weight is 347 g/mol. The highest BCUT2D eigenvalue weighted by atomic mass is 79.9. The minimum absolute atomic E-state index is 0.365. The molecule has 1 N–H and O–H groups in total. The number of hydrogen-bond donors (Lipinski definition) is 1. The molecule has 0 fully saturated rings. The quantitative estimate of drug-likeness (QED) is 0.611. The Morgan fingerprint density at radius 2 is 2.00 bits per heavy atom. The molecule has 0 saturated carbocycles. The summed E-state index contributed by atoms with van der Waals surface area (Å²) < 4.78 is 0.985. The SMILES string of the molecule is CCCNC(CCCC(C)C)c1cccc(Br)c1Cl. The summed E-state index contributed by atoms with van der Waals surface area (Å²) in [4.78, 5) is 0. The maximum absolute atomic E-state index is 6.42. The lowest BCUT2D eigenvalue weighted by atomic mass is 9.98. The second-order valence-electron chi connectivity index (χ2n) is 5.47. The van der Waals surface area contributed by atoms with E-state index in [1.165, 1.54) is 18.4 Å². The predicted octanol–water partition coefficient (Wildman–Crippen LogP) is 5.97. The number of halogens is 2. The van der Waals surface area contributed by atoms with Gasteiger partial charge in [-0.3, -0.25) is 0 Å². The molecule has 0 heterocycles. The number of nitrogens with one attached hydrogen (secondary N) is 1. The first-order valence-electron chi connectivity index (χ1n) is 7.23. The Hall–Kier alpha value is -0.0500. The second kappa shape index (κ2) is 8.99. The highest BCUT2D eigenvalue weighted by molar-refractivity contribution is 9.10. The van der Waals surface area contributed by atoms with E-state index in [2.05, 4.69) is 54.2 Å². The van der Waals surface area contributed by atoms with Gasteiger partial charge in [0.15, 0.2) is 0 Å². The van der Waals surface area contributed by atoms with Crippen molar-refractivity contribution in [2.45, 2.75) is 52.5 Å². The van der Waals surface area contributed by atoms with Crippen molar-refractivity contribution in [1.82, 2.24) is 5.32 Å². The van der Waals surface area contributed by atoms with E-state index in [0.717, 1.165) is 34.8 Å². The molecule has 0 saturated heterocycles. The smallest absolute Gasteiger partial charge is 0.0595 e. The number of rotatable bonds is 8. The Morgan fingerprint density at radius 3 is 2.63 bits per heavy atom. The van der Waals surface area contributed by atoms with E-state index in [1.54, 1.807) is 0 Å². The third kappa shape index (κ3) is 5.85. The molecule has 1 unspecified atom stereocenters. The topological polar surface area (TPSA) is 12.0 Å². The van der Waals surface area contributed by atoms with E-state index in [9.17, 15) is 0 Å². The molecule has 0 radical (unpaired) electrons. The Morgan fingerprint density at radius 1 is 1.26 bits per heavy atom. The van der Waals surface area contributed by atoms with Gasteiger partial charge < -0.3 is 5.32 Å². The Balaban J connectivity index is 2.74. The third-order valence-electron chi connectivity index (χ3n) is 3.27. The standard InChI is InChI=1S/C16H25BrClN/c1-4-11-19-15(10-5-7-12(2)3)13-8-6-9-14(17)16(13)18/h6,8-9,12,15,19H,4-5,7,10-11H2,1-3H3. The molecule has 0 aliphatic rings. The summed E-state index contributed by atoms with van der Waals surface area (Å²) in [7, 11) is 0. The minimum Gasteiger partial charge on any atom is -0.310 e. The van der Waals surface area contributed by atoms with Crippen molar-refractivity contribution in [3.8, 4) is 0 Å². The van der Waals surface area contributed by atoms with Gasteiger partial charge in [0.2, 0.25) is 0 Å². The van der Waals surface area contributed by atoms with Crippen molar-refractivity contribution in [2.24, 2.45) is 5.92 Å². The third-order valence-corrected chi connectivity index (χ3v) is 4.58. The molecule has 108 valence electrons. The first-order valence-corrected chi connectivity index (χ1v) is 8.40. The van der Waals surface area contributed by atoms with E-state index in [-0.39, 0.29) is 0 Å². The van der Waals surface area contributed by atoms with Crippen molar-refractivity contribution in [2.75, 3.05) is 6.54 Å². The first kappa shape index (κ1) is 17.0. The Bertz CT molecular complexity index is 379. The molecule has 3 heteroatoms. The van der Waals surface area contributed by atoms with Crippen LogP contribution in [0.4, 0.5) is 0 Å². The van der Waals surface area contributed by atoms with Crippen LogP contribution in [0, 0.1) is 5.92 Å². The van der Waals surface area contributed by atoms with Crippen LogP contribution in [0.3, 0.4) is 0 Å². The highest BCUT2D eigenvalue weighted by Crippen LogP contribution is 2.32.